The van der Waals surface area contributed by atoms with E-state index in [1.165, 1.54) is 46.3 Å². The number of nitrogens with one attached hydrogen (secondary N) is 6. The number of anilines is 1. The Kier molecular flexibility index (Phi) is 33.8. The molecule has 530 valence electrons. The van der Waals surface area contributed by atoms with Crippen LogP contribution in [0.1, 0.15) is 191 Å². The van der Waals surface area contributed by atoms with Crippen molar-refractivity contribution in [2.24, 2.45) is 46.5 Å². The average Bonchev–Trinajstić information content (AvgIpc) is 1.36. The number of hydrogen-bond donors (Lipinski definition) is 6. The van der Waals surface area contributed by atoms with Crippen LogP contribution in [0.25, 0.3) is 10.4 Å². The Morgan fingerprint density at radius 1 is 0.713 bits per heavy atom. The van der Waals surface area contributed by atoms with Crippen molar-refractivity contribution >= 4 is 58.9 Å². The van der Waals surface area contributed by atoms with Crippen LogP contribution in [0, 0.1) is 41.4 Å². The third kappa shape index (κ3) is 23.8. The molecule has 1 saturated carbocycles. The van der Waals surface area contributed by atoms with Gasteiger partial charge < -0.3 is 56.1 Å². The van der Waals surface area contributed by atoms with E-state index in [9.17, 15) is 48.7 Å². The molecule has 0 bridgehead atoms. The van der Waals surface area contributed by atoms with Crippen molar-refractivity contribution in [1.82, 2.24) is 46.2 Å². The summed E-state index contributed by atoms with van der Waals surface area (Å²) in [4.78, 5) is 133. The lowest BCUT2D eigenvalue weighted by Gasteiger charge is -2.41. The molecular weight excluding hydrogens is 1200 g/mol. The minimum atomic E-state index is -0.965. The molecule has 2 aliphatic heterocycles. The fourth-order valence-electron chi connectivity index (χ4n) is 14.4. The first-order valence-corrected chi connectivity index (χ1v) is 35.0. The molecule has 11 atom stereocenters. The van der Waals surface area contributed by atoms with Gasteiger partial charge in [-0.05, 0) is 125 Å². The third-order valence-corrected chi connectivity index (χ3v) is 20.0. The number of rotatable bonds is 36. The Hall–Kier alpha value is -6.36. The molecule has 4 rings (SSSR count). The molecule has 94 heavy (non-hydrogen) atoms. The summed E-state index contributed by atoms with van der Waals surface area (Å²) in [6.07, 6.45) is 12.1. The second kappa shape index (κ2) is 39.6. The summed E-state index contributed by atoms with van der Waals surface area (Å²) in [5.41, 5.74) is 10.3. The van der Waals surface area contributed by atoms with E-state index < -0.39 is 72.1 Å². The standard InChI is InChI=1S/C70H119N13O11/c1-17-36-70(11,51-25-22-20-19-21-23-26-51)78-66(89)50-34-38-82(39-35-50)58(86)33-32-56(84)76-60(44(3)4)67(90)72-43-57(85)74-52-30-28-49(29-31-52)40-53(42-73-79-71)75-65(88)48(10)64(94-16)54-27-24-37-83(54)59(87)41-55(93-15)63(47(9)18-2)81(14)69(92)61(45(5)6)77-68(91)62(46(7)8)80(12)13/h28-31,44-48,50-51,53-55,60-64H,17-27,32-43H2,1-16H3,(H,72,90)(H,74,85)(H,75,88)(H,76,84)(H,77,91)(H,78,89)/t47-,48+,53-,54-,55+,60-,61-,62-,63?,64?,70?/m0/s1. The minimum absolute atomic E-state index is 0.00395. The summed E-state index contributed by atoms with van der Waals surface area (Å²) in [6.45, 7) is 22.3. The van der Waals surface area contributed by atoms with E-state index in [1.54, 1.807) is 66.8 Å². The Labute approximate surface area is 561 Å². The van der Waals surface area contributed by atoms with Crippen LogP contribution in [0.4, 0.5) is 5.69 Å². The number of ether oxygens (including phenoxy) is 2. The zero-order valence-corrected chi connectivity index (χ0v) is 59.9. The predicted octanol–water partition coefficient (Wildman–Crippen LogP) is 7.92. The Bertz CT molecular complexity index is 2650. The maximum Gasteiger partial charge on any atom is 0.245 e. The van der Waals surface area contributed by atoms with Gasteiger partial charge in [0.05, 0.1) is 49.2 Å². The highest BCUT2D eigenvalue weighted by molar-refractivity contribution is 5.96. The lowest BCUT2D eigenvalue weighted by Crippen LogP contribution is -2.59. The first-order valence-electron chi connectivity index (χ1n) is 35.0. The molecule has 24 nitrogen and oxygen atoms in total. The molecule has 6 N–H and O–H groups in total. The largest absolute Gasteiger partial charge is 0.379 e. The van der Waals surface area contributed by atoms with Gasteiger partial charge in [0, 0.05) is 88.4 Å². The molecule has 0 aromatic heterocycles. The van der Waals surface area contributed by atoms with Crippen LogP contribution in [-0.2, 0) is 59.0 Å². The van der Waals surface area contributed by atoms with Crippen molar-refractivity contribution in [3.8, 4) is 0 Å². The van der Waals surface area contributed by atoms with Crippen LogP contribution in [0.15, 0.2) is 29.4 Å². The number of hydrogen-bond acceptors (Lipinski definition) is 13. The van der Waals surface area contributed by atoms with Crippen LogP contribution < -0.4 is 31.9 Å². The molecule has 1 aliphatic carbocycles. The summed E-state index contributed by atoms with van der Waals surface area (Å²) in [5.74, 6) is -3.85. The molecule has 0 radical (unpaired) electrons. The number of nitrogens with zero attached hydrogens (tertiary/aromatic N) is 7. The topological polar surface area (TPSA) is 306 Å². The van der Waals surface area contributed by atoms with E-state index in [0.29, 0.717) is 63.3 Å². The molecule has 3 fully saturated rings. The molecule has 3 unspecified atom stereocenters. The SMILES string of the molecule is CCCC(C)(NC(=O)C1CCN(C(=O)CCC(=O)N[C@H](C(=O)NCC(=O)Nc2ccc(C[C@@H](CN=[N+]=[N-])NC(=O)[C@H](C)C(OC)[C@@H]3CCCN3C(=O)C[C@@H](OC)C([C@@H](C)CC)N(C)C(=O)[C@@H](NC(=O)[C@H](C(C)C)N(C)C)C(C)C)cc2)C(C)C)CC1)C1CCCCCCC1. The lowest BCUT2D eigenvalue weighted by molar-refractivity contribution is -0.148. The fraction of sp³-hybridized carbons (Fsp3) is 0.786. The summed E-state index contributed by atoms with van der Waals surface area (Å²) in [6, 6.07) is 3.01. The van der Waals surface area contributed by atoms with Crippen LogP contribution in [0.5, 0.6) is 0 Å². The second-order valence-corrected chi connectivity index (χ2v) is 28.4. The van der Waals surface area contributed by atoms with Gasteiger partial charge in [-0.2, -0.15) is 0 Å². The Morgan fingerprint density at radius 2 is 1.34 bits per heavy atom. The van der Waals surface area contributed by atoms with Crippen LogP contribution >= 0.6 is 0 Å². The van der Waals surface area contributed by atoms with Crippen molar-refractivity contribution in [3.05, 3.63) is 40.3 Å². The Balaban J connectivity index is 1.28. The minimum Gasteiger partial charge on any atom is -0.379 e. The van der Waals surface area contributed by atoms with Crippen molar-refractivity contribution in [1.29, 1.82) is 0 Å². The monoisotopic (exact) mass is 1320 g/mol. The molecule has 24 heteroatoms. The molecule has 2 saturated heterocycles. The van der Waals surface area contributed by atoms with Crippen LogP contribution in [-0.4, -0.2) is 195 Å². The van der Waals surface area contributed by atoms with E-state index in [2.05, 4.69) is 55.8 Å². The molecular formula is C70H119N13O11. The number of piperidine rings is 1. The maximum atomic E-state index is 14.5. The van der Waals surface area contributed by atoms with E-state index in [-0.39, 0.29) is 109 Å². The van der Waals surface area contributed by atoms with Crippen molar-refractivity contribution < 1.29 is 52.6 Å². The first kappa shape index (κ1) is 80.1. The van der Waals surface area contributed by atoms with E-state index in [1.807, 2.05) is 60.5 Å². The van der Waals surface area contributed by atoms with Gasteiger partial charge in [-0.15, -0.1) is 0 Å². The van der Waals surface area contributed by atoms with Crippen molar-refractivity contribution in [2.75, 3.05) is 73.4 Å². The van der Waals surface area contributed by atoms with Gasteiger partial charge in [-0.25, -0.2) is 0 Å². The Morgan fingerprint density at radius 3 is 1.89 bits per heavy atom. The zero-order valence-electron chi connectivity index (χ0n) is 59.9. The molecule has 1 aromatic rings. The average molecular weight is 1320 g/mol. The molecule has 2 heterocycles. The third-order valence-electron chi connectivity index (χ3n) is 20.0. The second-order valence-electron chi connectivity index (χ2n) is 28.4. The van der Waals surface area contributed by atoms with Crippen molar-refractivity contribution in [2.45, 2.75) is 246 Å². The van der Waals surface area contributed by atoms with Gasteiger partial charge in [-0.1, -0.05) is 131 Å². The zero-order chi connectivity index (χ0) is 70.0. The van der Waals surface area contributed by atoms with Gasteiger partial charge in [0.2, 0.25) is 53.2 Å². The van der Waals surface area contributed by atoms with Crippen LogP contribution in [0.3, 0.4) is 0 Å². The van der Waals surface area contributed by atoms with Gasteiger partial charge in [0.25, 0.3) is 0 Å². The molecule has 1 aromatic carbocycles. The number of likely N-dealkylation sites (tertiary alicyclic amines) is 2. The van der Waals surface area contributed by atoms with Gasteiger partial charge in [-0.3, -0.25) is 48.1 Å². The highest BCUT2D eigenvalue weighted by atomic mass is 16.5. The molecule has 9 amide bonds. The number of amides is 9. The smallest absolute Gasteiger partial charge is 0.245 e. The summed E-state index contributed by atoms with van der Waals surface area (Å²) in [7, 11) is 8.43. The van der Waals surface area contributed by atoms with Gasteiger partial charge >= 0.3 is 0 Å². The van der Waals surface area contributed by atoms with E-state index >= 15 is 0 Å². The molecule has 3 aliphatic rings. The number of likely N-dealkylation sites (N-methyl/N-ethyl adjacent to an activating group) is 2. The summed E-state index contributed by atoms with van der Waals surface area (Å²) < 4.78 is 12.1. The number of benzene rings is 1. The molecule has 0 spiro atoms. The normalized spacial score (nSPS) is 19.4. The fourth-order valence-corrected chi connectivity index (χ4v) is 14.4. The number of carbonyl (C=O) groups is 9. The highest BCUT2D eigenvalue weighted by Gasteiger charge is 2.44. The number of carbonyl (C=O) groups excluding carboxylic acids is 9. The number of methoxy groups -OCH3 is 2. The first-order chi connectivity index (χ1) is 44.6. The summed E-state index contributed by atoms with van der Waals surface area (Å²) in [5, 5.41) is 21.5. The highest BCUT2D eigenvalue weighted by Crippen LogP contribution is 2.36. The maximum absolute atomic E-state index is 14.5. The van der Waals surface area contributed by atoms with Gasteiger partial charge in [0.1, 0.15) is 12.1 Å². The predicted molar refractivity (Wildman–Crippen MR) is 366 cm³/mol. The van der Waals surface area contributed by atoms with Crippen molar-refractivity contribution in [3.63, 3.8) is 0 Å². The lowest BCUT2D eigenvalue weighted by atomic mass is 9.74. The van der Waals surface area contributed by atoms with E-state index in [0.717, 1.165) is 31.2 Å². The quantitative estimate of drug-likeness (QED) is 0.0212. The van der Waals surface area contributed by atoms with Crippen LogP contribution in [0.2, 0.25) is 0 Å². The van der Waals surface area contributed by atoms with Gasteiger partial charge in [0.15, 0.2) is 0 Å². The number of azide groups is 1. The van der Waals surface area contributed by atoms with E-state index in [4.69, 9.17) is 9.47 Å². The summed E-state index contributed by atoms with van der Waals surface area (Å²) >= 11 is 0.